The van der Waals surface area contributed by atoms with Gasteiger partial charge in [-0.15, -0.1) is 0 Å². The van der Waals surface area contributed by atoms with Crippen LogP contribution in [0.2, 0.25) is 0 Å². The number of nitrogens with zero attached hydrogens (tertiary/aromatic N) is 4. The molecule has 0 bridgehead atoms. The van der Waals surface area contributed by atoms with E-state index in [9.17, 15) is 24.0 Å². The summed E-state index contributed by atoms with van der Waals surface area (Å²) in [6.07, 6.45) is 3.95. The molecule has 2 aliphatic rings. The highest BCUT2D eigenvalue weighted by Crippen LogP contribution is 2.23. The first-order chi connectivity index (χ1) is 20.2. The minimum Gasteiger partial charge on any atom is -0.465 e. The van der Waals surface area contributed by atoms with E-state index in [0.29, 0.717) is 44.5 Å². The van der Waals surface area contributed by atoms with Gasteiger partial charge in [-0.2, -0.15) is 0 Å². The first kappa shape index (κ1) is 29.0. The second-order valence-corrected chi connectivity index (χ2v) is 11.2. The first-order valence-electron chi connectivity index (χ1n) is 14.4. The summed E-state index contributed by atoms with van der Waals surface area (Å²) in [5.74, 6) is -0.649. The van der Waals surface area contributed by atoms with Gasteiger partial charge in [-0.1, -0.05) is 36.4 Å². The third-order valence-electron chi connectivity index (χ3n) is 8.26. The zero-order valence-corrected chi connectivity index (χ0v) is 24.2. The summed E-state index contributed by atoms with van der Waals surface area (Å²) in [6, 6.07) is 14.1. The lowest BCUT2D eigenvalue weighted by Crippen LogP contribution is -2.50. The van der Waals surface area contributed by atoms with Gasteiger partial charge >= 0.3 is 11.7 Å². The lowest BCUT2D eigenvalue weighted by Gasteiger charge is -2.38. The Kier molecular flexibility index (Phi) is 8.42. The van der Waals surface area contributed by atoms with E-state index in [0.717, 1.165) is 16.6 Å². The van der Waals surface area contributed by atoms with Crippen LogP contribution in [0.15, 0.2) is 64.3 Å². The predicted molar refractivity (Wildman–Crippen MR) is 157 cm³/mol. The Morgan fingerprint density at radius 1 is 0.952 bits per heavy atom. The van der Waals surface area contributed by atoms with Gasteiger partial charge in [0.1, 0.15) is 6.54 Å². The molecule has 2 aromatic carbocycles. The van der Waals surface area contributed by atoms with Gasteiger partial charge in [-0.25, -0.2) is 9.59 Å². The number of fused-ring (bicyclic) bond motifs is 1. The molecule has 42 heavy (non-hydrogen) atoms. The number of esters is 1. The fraction of sp³-hybridized carbons (Fsp3) is 0.406. The Balaban J connectivity index is 1.32. The smallest absolute Gasteiger partial charge is 0.337 e. The molecular weight excluding hydrogens is 536 g/mol. The molecule has 0 unspecified atom stereocenters. The second kappa shape index (κ2) is 12.2. The molecule has 0 N–H and O–H groups in total. The number of methoxy groups -OCH3 is 1. The van der Waals surface area contributed by atoms with Crippen LogP contribution in [0.4, 0.5) is 0 Å². The van der Waals surface area contributed by atoms with Crippen LogP contribution in [0.3, 0.4) is 0 Å². The maximum Gasteiger partial charge on any atom is 0.337 e. The molecule has 0 saturated carbocycles. The normalized spacial score (nSPS) is 15.9. The van der Waals surface area contributed by atoms with Crippen LogP contribution in [-0.4, -0.2) is 69.5 Å². The lowest BCUT2D eigenvalue weighted by molar-refractivity contribution is -0.136. The number of benzene rings is 2. The molecule has 1 saturated heterocycles. The predicted octanol–water partition coefficient (Wildman–Crippen LogP) is 2.66. The topological polar surface area (TPSA) is 111 Å². The van der Waals surface area contributed by atoms with Crippen LogP contribution in [-0.2, 0) is 33.7 Å². The molecule has 1 aromatic heterocycles. The summed E-state index contributed by atoms with van der Waals surface area (Å²) in [6.45, 7) is 4.87. The van der Waals surface area contributed by atoms with E-state index < -0.39 is 23.3 Å². The van der Waals surface area contributed by atoms with Crippen molar-refractivity contribution in [2.45, 2.75) is 58.2 Å². The summed E-state index contributed by atoms with van der Waals surface area (Å²) >= 11 is 0. The van der Waals surface area contributed by atoms with Gasteiger partial charge in [0.15, 0.2) is 0 Å². The Morgan fingerprint density at radius 3 is 2.36 bits per heavy atom. The fourth-order valence-electron chi connectivity index (χ4n) is 5.98. The Morgan fingerprint density at radius 2 is 1.67 bits per heavy atom. The number of rotatable bonds is 6. The first-order valence-corrected chi connectivity index (χ1v) is 14.4. The summed E-state index contributed by atoms with van der Waals surface area (Å²) in [4.78, 5) is 68.9. The van der Waals surface area contributed by atoms with Crippen molar-refractivity contribution in [1.29, 1.82) is 0 Å². The largest absolute Gasteiger partial charge is 0.465 e. The monoisotopic (exact) mass is 572 g/mol. The van der Waals surface area contributed by atoms with Crippen molar-refractivity contribution in [2.75, 3.05) is 26.7 Å². The fourth-order valence-corrected chi connectivity index (χ4v) is 5.98. The molecule has 0 radical (unpaired) electrons. The van der Waals surface area contributed by atoms with Gasteiger partial charge in [-0.05, 0) is 61.9 Å². The van der Waals surface area contributed by atoms with Crippen molar-refractivity contribution < 1.29 is 19.1 Å². The maximum absolute atomic E-state index is 13.4. The van der Waals surface area contributed by atoms with Crippen molar-refractivity contribution in [3.8, 4) is 11.1 Å². The van der Waals surface area contributed by atoms with Crippen molar-refractivity contribution >= 4 is 17.8 Å². The minimum absolute atomic E-state index is 0.0649. The Labute approximate surface area is 244 Å². The van der Waals surface area contributed by atoms with E-state index in [1.54, 1.807) is 36.9 Å². The second-order valence-electron chi connectivity index (χ2n) is 11.2. The van der Waals surface area contributed by atoms with Crippen LogP contribution in [0.1, 0.15) is 54.2 Å². The van der Waals surface area contributed by atoms with Crippen LogP contribution in [0, 0.1) is 0 Å². The summed E-state index contributed by atoms with van der Waals surface area (Å²) in [7, 11) is 1.28. The maximum atomic E-state index is 13.4. The van der Waals surface area contributed by atoms with Crippen LogP contribution in [0.25, 0.3) is 11.1 Å². The number of carbonyl (C=O) groups excluding carboxylic acids is 3. The third-order valence-corrected chi connectivity index (χ3v) is 8.26. The molecule has 10 nitrogen and oxygen atoms in total. The highest BCUT2D eigenvalue weighted by Gasteiger charge is 2.31. The van der Waals surface area contributed by atoms with Crippen molar-refractivity contribution in [3.05, 3.63) is 92.3 Å². The van der Waals surface area contributed by atoms with Crippen LogP contribution < -0.4 is 11.2 Å². The number of hydrogen-bond donors (Lipinski definition) is 0. The lowest BCUT2D eigenvalue weighted by atomic mass is 10.0. The standard InChI is InChI=1S/C32H36N4O6/c1-21(2)36-30(39)27(24-9-6-10-25(17-24)31(40)42-3)19-34(32(36)41)20-29(38)33-14-12-26(13-15-33)35-16-11-22-7-4-5-8-23(22)18-28(35)37/h4-10,17,19,21,26H,11-16,18,20H2,1-3H3. The van der Waals surface area contributed by atoms with Crippen molar-refractivity contribution in [3.63, 3.8) is 0 Å². The van der Waals surface area contributed by atoms with E-state index in [-0.39, 0.29) is 35.5 Å². The van der Waals surface area contributed by atoms with E-state index >= 15 is 0 Å². The summed E-state index contributed by atoms with van der Waals surface area (Å²) < 4.78 is 7.20. The minimum atomic E-state index is -0.569. The molecule has 220 valence electrons. The number of carbonyl (C=O) groups is 3. The van der Waals surface area contributed by atoms with Gasteiger partial charge in [0.2, 0.25) is 11.8 Å². The molecule has 3 aromatic rings. The molecule has 1 fully saturated rings. The van der Waals surface area contributed by atoms with E-state index in [1.807, 2.05) is 23.1 Å². The number of amides is 2. The van der Waals surface area contributed by atoms with E-state index in [1.165, 1.54) is 29.5 Å². The zero-order valence-electron chi connectivity index (χ0n) is 24.2. The van der Waals surface area contributed by atoms with Crippen LogP contribution >= 0.6 is 0 Å². The SMILES string of the molecule is COC(=O)c1cccc(-c2cn(CC(=O)N3CCC(N4CCc5ccccc5CC4=O)CC3)c(=O)n(C(C)C)c2=O)c1. The molecule has 0 atom stereocenters. The number of piperidine rings is 1. The molecule has 3 heterocycles. The van der Waals surface area contributed by atoms with Crippen molar-refractivity contribution in [1.82, 2.24) is 18.9 Å². The number of aromatic nitrogens is 2. The number of ether oxygens (including phenoxy) is 1. The average Bonchev–Trinajstić information content (AvgIpc) is 3.16. The third kappa shape index (κ3) is 5.79. The molecule has 0 spiro atoms. The van der Waals surface area contributed by atoms with Gasteiger partial charge in [0.25, 0.3) is 5.56 Å². The molecule has 0 aliphatic carbocycles. The molecule has 5 rings (SSSR count). The highest BCUT2D eigenvalue weighted by molar-refractivity contribution is 5.91. The van der Waals surface area contributed by atoms with E-state index in [4.69, 9.17) is 4.74 Å². The van der Waals surface area contributed by atoms with Gasteiger partial charge < -0.3 is 14.5 Å². The van der Waals surface area contributed by atoms with Crippen LogP contribution in [0.5, 0.6) is 0 Å². The van der Waals surface area contributed by atoms with Gasteiger partial charge in [0, 0.05) is 37.9 Å². The molecular formula is C32H36N4O6. The summed E-state index contributed by atoms with van der Waals surface area (Å²) in [5, 5.41) is 0. The van der Waals surface area contributed by atoms with E-state index in [2.05, 4.69) is 6.07 Å². The zero-order chi connectivity index (χ0) is 30.0. The highest BCUT2D eigenvalue weighted by atomic mass is 16.5. The van der Waals surface area contributed by atoms with Gasteiger partial charge in [0.05, 0.1) is 24.7 Å². The number of likely N-dealkylation sites (tertiary alicyclic amines) is 1. The quantitative estimate of drug-likeness (QED) is 0.420. The Bertz CT molecular complexity index is 1630. The number of hydrogen-bond acceptors (Lipinski definition) is 6. The average molecular weight is 573 g/mol. The molecule has 2 amide bonds. The van der Waals surface area contributed by atoms with Crippen molar-refractivity contribution in [2.24, 2.45) is 0 Å². The molecule has 10 heteroatoms. The van der Waals surface area contributed by atoms with Gasteiger partial charge in [-0.3, -0.25) is 23.5 Å². The molecule has 2 aliphatic heterocycles. The Hall–Kier alpha value is -4.47. The summed E-state index contributed by atoms with van der Waals surface area (Å²) in [5.41, 5.74) is 2.16.